The second kappa shape index (κ2) is 8.17. The second-order valence-corrected chi connectivity index (χ2v) is 8.45. The molecule has 0 aromatic heterocycles. The van der Waals surface area contributed by atoms with Crippen molar-refractivity contribution in [1.82, 2.24) is 0 Å². The first-order valence-electron chi connectivity index (χ1n) is 7.54. The van der Waals surface area contributed by atoms with Crippen LogP contribution in [0.25, 0.3) is 0 Å². The van der Waals surface area contributed by atoms with Crippen molar-refractivity contribution in [1.29, 1.82) is 0 Å². The summed E-state index contributed by atoms with van der Waals surface area (Å²) >= 11 is 4.09. The molecule has 0 aliphatic carbocycles. The van der Waals surface area contributed by atoms with E-state index in [9.17, 15) is 0 Å². The lowest BCUT2D eigenvalue weighted by molar-refractivity contribution is -0.0355. The summed E-state index contributed by atoms with van der Waals surface area (Å²) in [5.41, 5.74) is 0.940. The molecule has 0 bridgehead atoms. The van der Waals surface area contributed by atoms with Crippen molar-refractivity contribution in [3.63, 3.8) is 0 Å². The third-order valence-electron chi connectivity index (χ3n) is 3.90. The van der Waals surface area contributed by atoms with E-state index in [1.165, 1.54) is 17.9 Å². The number of hydrogen-bond acceptors (Lipinski definition) is 3. The highest BCUT2D eigenvalue weighted by Crippen LogP contribution is 2.43. The molecular formula is C18H24OS2. The number of rotatable bonds is 4. The summed E-state index contributed by atoms with van der Waals surface area (Å²) in [7, 11) is 0. The molecule has 1 aliphatic rings. The van der Waals surface area contributed by atoms with Crippen molar-refractivity contribution >= 4 is 23.5 Å². The molecule has 1 nitrogen and oxygen atoms in total. The molecule has 1 aromatic rings. The van der Waals surface area contributed by atoms with Crippen molar-refractivity contribution < 1.29 is 4.74 Å². The second-order valence-electron chi connectivity index (χ2n) is 5.72. The van der Waals surface area contributed by atoms with Crippen molar-refractivity contribution in [3.8, 4) is 11.8 Å². The average molecular weight is 321 g/mol. The lowest BCUT2D eigenvalue weighted by Crippen LogP contribution is -2.44. The van der Waals surface area contributed by atoms with Gasteiger partial charge in [-0.1, -0.05) is 43.9 Å². The smallest absolute Gasteiger partial charge is 0.108 e. The van der Waals surface area contributed by atoms with E-state index in [4.69, 9.17) is 4.74 Å². The lowest BCUT2D eigenvalue weighted by atomic mass is 9.94. The third kappa shape index (κ3) is 4.71. The van der Waals surface area contributed by atoms with Gasteiger partial charge in [0, 0.05) is 5.56 Å². The summed E-state index contributed by atoms with van der Waals surface area (Å²) in [6.45, 7) is 7.25. The molecule has 0 spiro atoms. The quantitative estimate of drug-likeness (QED) is 0.746. The van der Waals surface area contributed by atoms with Crippen LogP contribution in [-0.2, 0) is 4.74 Å². The zero-order chi connectivity index (χ0) is 15.1. The Hall–Kier alpha value is -0.560. The van der Waals surface area contributed by atoms with Gasteiger partial charge in [0.05, 0.1) is 10.2 Å². The van der Waals surface area contributed by atoms with Gasteiger partial charge in [0.2, 0.25) is 0 Å². The molecule has 0 radical (unpaired) electrons. The Bertz CT molecular complexity index is 483. The van der Waals surface area contributed by atoms with Crippen molar-refractivity contribution in [2.45, 2.75) is 37.4 Å². The predicted octanol–water partition coefficient (Wildman–Crippen LogP) is 4.67. The van der Waals surface area contributed by atoms with Gasteiger partial charge >= 0.3 is 0 Å². The first-order valence-corrected chi connectivity index (χ1v) is 9.64. The molecule has 1 aromatic carbocycles. The summed E-state index contributed by atoms with van der Waals surface area (Å²) < 4.78 is 6.76. The first kappa shape index (κ1) is 16.8. The van der Waals surface area contributed by atoms with Crippen LogP contribution in [0.3, 0.4) is 0 Å². The van der Waals surface area contributed by atoms with Crippen LogP contribution < -0.4 is 0 Å². The molecule has 114 valence electrons. The Morgan fingerprint density at radius 1 is 1.24 bits per heavy atom. The molecule has 0 saturated carbocycles. The van der Waals surface area contributed by atoms with E-state index in [1.54, 1.807) is 0 Å². The molecule has 0 N–H and O–H groups in total. The van der Waals surface area contributed by atoms with Crippen LogP contribution in [0, 0.1) is 17.8 Å². The van der Waals surface area contributed by atoms with E-state index in [2.05, 4.69) is 32.6 Å². The van der Waals surface area contributed by atoms with Crippen molar-refractivity contribution in [3.05, 3.63) is 35.9 Å². The van der Waals surface area contributed by atoms with Crippen LogP contribution in [-0.4, -0.2) is 28.3 Å². The first-order chi connectivity index (χ1) is 10.1. The Morgan fingerprint density at radius 2 is 1.90 bits per heavy atom. The Labute approximate surface area is 137 Å². The molecule has 1 atom stereocenters. The fourth-order valence-electron chi connectivity index (χ4n) is 2.18. The zero-order valence-corrected chi connectivity index (χ0v) is 14.7. The third-order valence-corrected chi connectivity index (χ3v) is 7.31. The van der Waals surface area contributed by atoms with Crippen LogP contribution >= 0.6 is 23.5 Å². The number of benzene rings is 1. The number of ether oxygens (including phenoxy) is 1. The molecule has 3 heteroatoms. The number of hydrogen-bond donors (Lipinski definition) is 0. The summed E-state index contributed by atoms with van der Waals surface area (Å²) in [6.07, 6.45) is 1.31. The molecule has 1 saturated heterocycles. The SMILES string of the molecule is CC(C)C(C)(OCC#Cc1ccccc1)C1SCCCS1. The summed E-state index contributed by atoms with van der Waals surface area (Å²) in [6, 6.07) is 10.1. The minimum Gasteiger partial charge on any atom is -0.360 e. The Balaban J connectivity index is 1.95. The number of thioether (sulfide) groups is 2. The monoisotopic (exact) mass is 320 g/mol. The van der Waals surface area contributed by atoms with Gasteiger partial charge in [-0.25, -0.2) is 0 Å². The van der Waals surface area contributed by atoms with Gasteiger partial charge in [0.1, 0.15) is 6.61 Å². The van der Waals surface area contributed by atoms with E-state index in [0.717, 1.165) is 5.56 Å². The Morgan fingerprint density at radius 3 is 2.52 bits per heavy atom. The summed E-state index contributed by atoms with van der Waals surface area (Å²) in [4.78, 5) is 0. The maximum absolute atomic E-state index is 6.24. The van der Waals surface area contributed by atoms with Crippen molar-refractivity contribution in [2.24, 2.45) is 5.92 Å². The van der Waals surface area contributed by atoms with Gasteiger partial charge in [-0.05, 0) is 42.9 Å². The predicted molar refractivity (Wildman–Crippen MR) is 95.8 cm³/mol. The minimum absolute atomic E-state index is 0.110. The van der Waals surface area contributed by atoms with E-state index < -0.39 is 0 Å². The normalized spacial score (nSPS) is 18.9. The van der Waals surface area contributed by atoms with Gasteiger partial charge < -0.3 is 4.74 Å². The lowest BCUT2D eigenvalue weighted by Gasteiger charge is -2.41. The molecule has 1 heterocycles. The summed E-state index contributed by atoms with van der Waals surface area (Å²) in [5.74, 6) is 9.31. The maximum atomic E-state index is 6.24. The van der Waals surface area contributed by atoms with Gasteiger partial charge in [0.25, 0.3) is 0 Å². The maximum Gasteiger partial charge on any atom is 0.108 e. The fourth-order valence-corrected chi connectivity index (χ4v) is 5.71. The largest absolute Gasteiger partial charge is 0.360 e. The van der Waals surface area contributed by atoms with Crippen LogP contribution in [0.1, 0.15) is 32.8 Å². The molecule has 21 heavy (non-hydrogen) atoms. The van der Waals surface area contributed by atoms with Gasteiger partial charge in [0.15, 0.2) is 0 Å². The highest BCUT2D eigenvalue weighted by atomic mass is 32.2. The molecule has 1 unspecified atom stereocenters. The van der Waals surface area contributed by atoms with E-state index in [0.29, 0.717) is 17.1 Å². The van der Waals surface area contributed by atoms with Crippen LogP contribution in [0.15, 0.2) is 30.3 Å². The van der Waals surface area contributed by atoms with Crippen LogP contribution in [0.2, 0.25) is 0 Å². The van der Waals surface area contributed by atoms with Crippen LogP contribution in [0.4, 0.5) is 0 Å². The van der Waals surface area contributed by atoms with Gasteiger partial charge in [-0.3, -0.25) is 0 Å². The minimum atomic E-state index is -0.110. The zero-order valence-electron chi connectivity index (χ0n) is 13.1. The van der Waals surface area contributed by atoms with E-state index in [-0.39, 0.29) is 5.60 Å². The molecular weight excluding hydrogens is 296 g/mol. The van der Waals surface area contributed by atoms with E-state index >= 15 is 0 Å². The summed E-state index contributed by atoms with van der Waals surface area (Å²) in [5, 5.41) is 0. The topological polar surface area (TPSA) is 9.23 Å². The molecule has 1 fully saturated rings. The average Bonchev–Trinajstić information content (AvgIpc) is 2.53. The molecule has 2 rings (SSSR count). The highest BCUT2D eigenvalue weighted by molar-refractivity contribution is 8.17. The van der Waals surface area contributed by atoms with E-state index in [1.807, 2.05) is 53.9 Å². The van der Waals surface area contributed by atoms with Gasteiger partial charge in [-0.15, -0.1) is 23.5 Å². The fraction of sp³-hybridized carbons (Fsp3) is 0.556. The molecule has 0 amide bonds. The van der Waals surface area contributed by atoms with Gasteiger partial charge in [-0.2, -0.15) is 0 Å². The van der Waals surface area contributed by atoms with Crippen LogP contribution in [0.5, 0.6) is 0 Å². The Kier molecular flexibility index (Phi) is 6.54. The highest BCUT2D eigenvalue weighted by Gasteiger charge is 2.39. The standard InChI is InChI=1S/C18H24OS2/c1-15(2)18(3,17-20-13-8-14-21-17)19-12-7-11-16-9-5-4-6-10-16/h4-6,9-10,15,17H,8,12-14H2,1-3H3. The van der Waals surface area contributed by atoms with Crippen molar-refractivity contribution in [2.75, 3.05) is 18.1 Å². The molecule has 1 aliphatic heterocycles.